The molecule has 5 heteroatoms. The third-order valence-corrected chi connectivity index (χ3v) is 5.27. The number of hydrogen-bond donors (Lipinski definition) is 1. The number of nitrogens with zero attached hydrogens (tertiary/aromatic N) is 2. The molecule has 1 aromatic heterocycles. The van der Waals surface area contributed by atoms with Crippen LogP contribution in [0.3, 0.4) is 0 Å². The summed E-state index contributed by atoms with van der Waals surface area (Å²) in [5, 5.41) is 7.04. The van der Waals surface area contributed by atoms with Crippen LogP contribution in [0.5, 0.6) is 0 Å². The highest BCUT2D eigenvalue weighted by atomic mass is 16.5. The van der Waals surface area contributed by atoms with Crippen molar-refractivity contribution in [2.45, 2.75) is 44.9 Å². The summed E-state index contributed by atoms with van der Waals surface area (Å²) in [6, 6.07) is 10.5. The minimum Gasteiger partial charge on any atom is -0.361 e. The molecule has 1 unspecified atom stereocenters. The van der Waals surface area contributed by atoms with Crippen LogP contribution in [-0.2, 0) is 5.41 Å². The van der Waals surface area contributed by atoms with Crippen molar-refractivity contribution < 1.29 is 9.32 Å². The van der Waals surface area contributed by atoms with Crippen LogP contribution in [0.25, 0.3) is 0 Å². The smallest absolute Gasteiger partial charge is 0.317 e. The first-order chi connectivity index (χ1) is 11.9. The molecule has 3 rings (SSSR count). The number of benzene rings is 1. The van der Waals surface area contributed by atoms with Crippen LogP contribution in [0.1, 0.15) is 48.3 Å². The second-order valence-electron chi connectivity index (χ2n) is 7.33. The average Bonchev–Trinajstić information content (AvgIpc) is 3.31. The molecule has 0 aliphatic heterocycles. The van der Waals surface area contributed by atoms with Gasteiger partial charge in [-0.05, 0) is 32.3 Å². The van der Waals surface area contributed by atoms with Crippen molar-refractivity contribution >= 4 is 6.03 Å². The van der Waals surface area contributed by atoms with Crippen molar-refractivity contribution in [1.29, 1.82) is 0 Å². The van der Waals surface area contributed by atoms with Crippen molar-refractivity contribution in [2.75, 3.05) is 20.1 Å². The van der Waals surface area contributed by atoms with E-state index >= 15 is 0 Å². The Morgan fingerprint density at radius 2 is 2.00 bits per heavy atom. The molecule has 0 spiro atoms. The van der Waals surface area contributed by atoms with Gasteiger partial charge in [0, 0.05) is 37.0 Å². The molecule has 25 heavy (non-hydrogen) atoms. The molecule has 134 valence electrons. The number of rotatable bonds is 6. The minimum absolute atomic E-state index is 0.0270. The van der Waals surface area contributed by atoms with E-state index in [0.717, 1.165) is 36.4 Å². The quantitative estimate of drug-likeness (QED) is 0.870. The molecule has 1 heterocycles. The molecular formula is C20H27N3O2. The molecule has 5 nitrogen and oxygen atoms in total. The molecular weight excluding hydrogens is 314 g/mol. The number of hydrogen-bond acceptors (Lipinski definition) is 3. The van der Waals surface area contributed by atoms with Gasteiger partial charge in [0.1, 0.15) is 5.76 Å². The number of aryl methyl sites for hydroxylation is 2. The van der Waals surface area contributed by atoms with Crippen LogP contribution < -0.4 is 5.32 Å². The molecule has 1 N–H and O–H groups in total. The summed E-state index contributed by atoms with van der Waals surface area (Å²) in [5.41, 5.74) is 3.46. The zero-order valence-corrected chi connectivity index (χ0v) is 15.5. The lowest BCUT2D eigenvalue weighted by Gasteiger charge is -2.25. The first-order valence-electron chi connectivity index (χ1n) is 8.90. The van der Waals surface area contributed by atoms with Crippen LogP contribution in [0.2, 0.25) is 0 Å². The molecule has 2 amide bonds. The number of nitrogens with one attached hydrogen (secondary N) is 1. The maximum absolute atomic E-state index is 12.5. The van der Waals surface area contributed by atoms with Gasteiger partial charge in [0.25, 0.3) is 0 Å². The Balaban J connectivity index is 1.55. The summed E-state index contributed by atoms with van der Waals surface area (Å²) in [4.78, 5) is 14.3. The van der Waals surface area contributed by atoms with Gasteiger partial charge in [-0.3, -0.25) is 0 Å². The Labute approximate surface area is 149 Å². The molecule has 2 aromatic rings. The maximum Gasteiger partial charge on any atom is 0.317 e. The fourth-order valence-electron chi connectivity index (χ4n) is 3.68. The highest BCUT2D eigenvalue weighted by Gasteiger charge is 2.45. The standard InChI is InChI=1S/C20H27N3O2/c1-14(18-15(2)22-25-16(18)3)12-21-19(24)23(4)13-20(10-11-20)17-8-6-5-7-9-17/h5-9,14H,10-13H2,1-4H3,(H,21,24). The fraction of sp³-hybridized carbons (Fsp3) is 0.500. The number of urea groups is 1. The van der Waals surface area contributed by atoms with Crippen LogP contribution in [0, 0.1) is 13.8 Å². The van der Waals surface area contributed by atoms with Crippen LogP contribution >= 0.6 is 0 Å². The summed E-state index contributed by atoms with van der Waals surface area (Å²) in [6.07, 6.45) is 2.29. The van der Waals surface area contributed by atoms with E-state index in [-0.39, 0.29) is 17.4 Å². The average molecular weight is 341 g/mol. The van der Waals surface area contributed by atoms with Crippen molar-refractivity contribution in [3.63, 3.8) is 0 Å². The second-order valence-corrected chi connectivity index (χ2v) is 7.33. The van der Waals surface area contributed by atoms with Crippen molar-refractivity contribution in [1.82, 2.24) is 15.4 Å². The van der Waals surface area contributed by atoms with E-state index in [4.69, 9.17) is 4.52 Å². The van der Waals surface area contributed by atoms with Gasteiger partial charge < -0.3 is 14.7 Å². The van der Waals surface area contributed by atoms with Crippen LogP contribution in [-0.4, -0.2) is 36.2 Å². The normalized spacial score (nSPS) is 16.3. The van der Waals surface area contributed by atoms with E-state index in [1.807, 2.05) is 27.0 Å². The van der Waals surface area contributed by atoms with Crippen LogP contribution in [0.4, 0.5) is 4.79 Å². The van der Waals surface area contributed by atoms with Gasteiger partial charge in [-0.1, -0.05) is 42.4 Å². The van der Waals surface area contributed by atoms with Crippen LogP contribution in [0.15, 0.2) is 34.9 Å². The largest absolute Gasteiger partial charge is 0.361 e. The number of carbonyl (C=O) groups excluding carboxylic acids is 1. The molecule has 1 fully saturated rings. The Kier molecular flexibility index (Phi) is 4.84. The van der Waals surface area contributed by atoms with Crippen molar-refractivity contribution in [3.8, 4) is 0 Å². The predicted octanol–water partition coefficient (Wildman–Crippen LogP) is 3.77. The summed E-state index contributed by atoms with van der Waals surface area (Å²) in [5.74, 6) is 1.00. The molecule has 1 aromatic carbocycles. The molecule has 0 bridgehead atoms. The first-order valence-corrected chi connectivity index (χ1v) is 8.90. The summed E-state index contributed by atoms with van der Waals surface area (Å²) in [6.45, 7) is 7.26. The fourth-order valence-corrected chi connectivity index (χ4v) is 3.68. The zero-order chi connectivity index (χ0) is 18.0. The summed E-state index contributed by atoms with van der Waals surface area (Å²) >= 11 is 0. The van der Waals surface area contributed by atoms with Gasteiger partial charge in [-0.2, -0.15) is 0 Å². The lowest BCUT2D eigenvalue weighted by molar-refractivity contribution is 0.203. The first kappa shape index (κ1) is 17.5. The van der Waals surface area contributed by atoms with E-state index in [2.05, 4.69) is 41.7 Å². The zero-order valence-electron chi connectivity index (χ0n) is 15.5. The van der Waals surface area contributed by atoms with E-state index in [9.17, 15) is 4.79 Å². The van der Waals surface area contributed by atoms with Gasteiger partial charge >= 0.3 is 6.03 Å². The SMILES string of the molecule is Cc1noc(C)c1C(C)CNC(=O)N(C)CC1(c2ccccc2)CC1. The Bertz CT molecular complexity index is 715. The number of amides is 2. The van der Waals surface area contributed by atoms with E-state index in [0.29, 0.717) is 6.54 Å². The number of aromatic nitrogens is 1. The van der Waals surface area contributed by atoms with Gasteiger partial charge in [-0.15, -0.1) is 0 Å². The van der Waals surface area contributed by atoms with Crippen molar-refractivity contribution in [2.24, 2.45) is 0 Å². The van der Waals surface area contributed by atoms with Gasteiger partial charge in [0.15, 0.2) is 0 Å². The molecule has 0 radical (unpaired) electrons. The Morgan fingerprint density at radius 1 is 1.32 bits per heavy atom. The predicted molar refractivity (Wildman–Crippen MR) is 97.8 cm³/mol. The van der Waals surface area contributed by atoms with E-state index in [1.165, 1.54) is 5.56 Å². The summed E-state index contributed by atoms with van der Waals surface area (Å²) in [7, 11) is 1.87. The second kappa shape index (κ2) is 6.90. The summed E-state index contributed by atoms with van der Waals surface area (Å²) < 4.78 is 5.22. The van der Waals surface area contributed by atoms with Gasteiger partial charge in [-0.25, -0.2) is 4.79 Å². The third kappa shape index (κ3) is 3.70. The van der Waals surface area contributed by atoms with Crippen molar-refractivity contribution in [3.05, 3.63) is 52.9 Å². The minimum atomic E-state index is -0.0270. The van der Waals surface area contributed by atoms with Gasteiger partial charge in [0.05, 0.1) is 5.69 Å². The highest BCUT2D eigenvalue weighted by molar-refractivity contribution is 5.74. The highest BCUT2D eigenvalue weighted by Crippen LogP contribution is 2.48. The van der Waals surface area contributed by atoms with E-state index < -0.39 is 0 Å². The monoisotopic (exact) mass is 341 g/mol. The topological polar surface area (TPSA) is 58.4 Å². The third-order valence-electron chi connectivity index (χ3n) is 5.27. The van der Waals surface area contributed by atoms with Gasteiger partial charge in [0.2, 0.25) is 0 Å². The lowest BCUT2D eigenvalue weighted by atomic mass is 9.95. The van der Waals surface area contributed by atoms with E-state index in [1.54, 1.807) is 4.90 Å². The lowest BCUT2D eigenvalue weighted by Crippen LogP contribution is -2.42. The molecule has 0 saturated heterocycles. The maximum atomic E-state index is 12.5. The molecule has 1 aliphatic carbocycles. The Hall–Kier alpha value is -2.30. The molecule has 1 saturated carbocycles. The molecule has 1 aliphatic rings. The number of carbonyl (C=O) groups is 1. The molecule has 1 atom stereocenters. The number of likely N-dealkylation sites (N-methyl/N-ethyl adjacent to an activating group) is 1. The Morgan fingerprint density at radius 3 is 2.56 bits per heavy atom.